The number of aromatic nitrogens is 1. The minimum Gasteiger partial charge on any atom is -0.356 e. The van der Waals surface area contributed by atoms with Crippen molar-refractivity contribution in [2.24, 2.45) is 5.92 Å². The van der Waals surface area contributed by atoms with Crippen molar-refractivity contribution in [2.75, 3.05) is 42.8 Å². The van der Waals surface area contributed by atoms with Gasteiger partial charge in [-0.1, -0.05) is 6.92 Å². The summed E-state index contributed by atoms with van der Waals surface area (Å²) in [6.45, 7) is 5.93. The average Bonchev–Trinajstić information content (AvgIpc) is 3.13. The standard InChI is InChI=1S/C19H24F2N4O2S/c1-3-24(2)12-14-8-9-25(13-14)19-7-5-16(11-22-19)28(26,27)23-15-4-6-17(20)18(21)10-15/h4-7,10-11,14,23H,3,8-9,12-13H2,1-2H3. The van der Waals surface area contributed by atoms with E-state index in [1.165, 1.54) is 12.3 Å². The lowest BCUT2D eigenvalue weighted by molar-refractivity contribution is 0.300. The van der Waals surface area contributed by atoms with Gasteiger partial charge in [-0.05, 0) is 50.2 Å². The molecule has 1 fully saturated rings. The largest absolute Gasteiger partial charge is 0.356 e. The second-order valence-electron chi connectivity index (χ2n) is 7.04. The summed E-state index contributed by atoms with van der Waals surface area (Å²) in [7, 11) is -1.84. The first-order valence-corrected chi connectivity index (χ1v) is 10.6. The SMILES string of the molecule is CCN(C)CC1CCN(c2ccc(S(=O)(=O)Nc3ccc(F)c(F)c3)cn2)C1. The average molecular weight is 410 g/mol. The number of anilines is 2. The van der Waals surface area contributed by atoms with Crippen molar-refractivity contribution in [1.82, 2.24) is 9.88 Å². The Morgan fingerprint density at radius 3 is 2.68 bits per heavy atom. The molecule has 1 aromatic carbocycles. The van der Waals surface area contributed by atoms with Gasteiger partial charge >= 0.3 is 0 Å². The van der Waals surface area contributed by atoms with Crippen LogP contribution in [0.15, 0.2) is 41.4 Å². The van der Waals surface area contributed by atoms with Crippen LogP contribution in [0.4, 0.5) is 20.3 Å². The zero-order valence-electron chi connectivity index (χ0n) is 15.9. The molecule has 1 aromatic heterocycles. The van der Waals surface area contributed by atoms with E-state index in [1.54, 1.807) is 6.07 Å². The third-order valence-corrected chi connectivity index (χ3v) is 6.29. The Morgan fingerprint density at radius 2 is 2.04 bits per heavy atom. The van der Waals surface area contributed by atoms with Crippen molar-refractivity contribution in [2.45, 2.75) is 18.2 Å². The van der Waals surface area contributed by atoms with Crippen LogP contribution < -0.4 is 9.62 Å². The first-order valence-electron chi connectivity index (χ1n) is 9.16. The molecule has 0 radical (unpaired) electrons. The van der Waals surface area contributed by atoms with E-state index in [0.29, 0.717) is 5.92 Å². The molecule has 1 aliphatic rings. The molecule has 1 saturated heterocycles. The van der Waals surface area contributed by atoms with Gasteiger partial charge in [0.2, 0.25) is 0 Å². The molecule has 0 bridgehead atoms. The van der Waals surface area contributed by atoms with E-state index in [1.807, 2.05) is 0 Å². The predicted molar refractivity (Wildman–Crippen MR) is 105 cm³/mol. The maximum absolute atomic E-state index is 13.3. The van der Waals surface area contributed by atoms with Gasteiger partial charge in [-0.25, -0.2) is 22.2 Å². The number of benzene rings is 1. The summed E-state index contributed by atoms with van der Waals surface area (Å²) in [6.07, 6.45) is 2.35. The monoisotopic (exact) mass is 410 g/mol. The van der Waals surface area contributed by atoms with Crippen molar-refractivity contribution < 1.29 is 17.2 Å². The van der Waals surface area contributed by atoms with E-state index < -0.39 is 21.7 Å². The van der Waals surface area contributed by atoms with Gasteiger partial charge in [-0.15, -0.1) is 0 Å². The van der Waals surface area contributed by atoms with Gasteiger partial charge in [-0.2, -0.15) is 0 Å². The summed E-state index contributed by atoms with van der Waals surface area (Å²) >= 11 is 0. The molecule has 9 heteroatoms. The number of hydrogen-bond donors (Lipinski definition) is 1. The number of halogens is 2. The Kier molecular flexibility index (Phi) is 6.14. The van der Waals surface area contributed by atoms with Crippen LogP contribution in [0.3, 0.4) is 0 Å². The number of pyridine rings is 1. The summed E-state index contributed by atoms with van der Waals surface area (Å²) in [5.41, 5.74) is -0.0506. The molecule has 0 amide bonds. The summed E-state index contributed by atoms with van der Waals surface area (Å²) in [6, 6.07) is 5.97. The molecule has 3 rings (SSSR count). The van der Waals surface area contributed by atoms with Crippen LogP contribution >= 0.6 is 0 Å². The quantitative estimate of drug-likeness (QED) is 0.760. The smallest absolute Gasteiger partial charge is 0.263 e. The topological polar surface area (TPSA) is 65.5 Å². The lowest BCUT2D eigenvalue weighted by atomic mass is 10.1. The molecule has 2 aromatic rings. The molecular weight excluding hydrogens is 386 g/mol. The molecule has 0 spiro atoms. The molecule has 0 saturated carbocycles. The number of hydrogen-bond acceptors (Lipinski definition) is 5. The Balaban J connectivity index is 1.67. The van der Waals surface area contributed by atoms with Gasteiger partial charge in [-0.3, -0.25) is 4.72 Å². The number of sulfonamides is 1. The van der Waals surface area contributed by atoms with Crippen molar-refractivity contribution in [3.05, 3.63) is 48.2 Å². The van der Waals surface area contributed by atoms with Crippen molar-refractivity contribution >= 4 is 21.5 Å². The molecule has 1 aliphatic heterocycles. The fourth-order valence-electron chi connectivity index (χ4n) is 3.25. The highest BCUT2D eigenvalue weighted by atomic mass is 32.2. The maximum atomic E-state index is 13.3. The van der Waals surface area contributed by atoms with E-state index in [2.05, 4.69) is 33.5 Å². The summed E-state index contributed by atoms with van der Waals surface area (Å²) in [5.74, 6) is -0.868. The van der Waals surface area contributed by atoms with Gasteiger partial charge < -0.3 is 9.80 Å². The van der Waals surface area contributed by atoms with E-state index in [4.69, 9.17) is 0 Å². The van der Waals surface area contributed by atoms with Gasteiger partial charge in [0.1, 0.15) is 10.7 Å². The van der Waals surface area contributed by atoms with Crippen LogP contribution in [-0.4, -0.2) is 51.5 Å². The van der Waals surface area contributed by atoms with Crippen LogP contribution in [0.25, 0.3) is 0 Å². The maximum Gasteiger partial charge on any atom is 0.263 e. The first-order chi connectivity index (χ1) is 13.3. The van der Waals surface area contributed by atoms with E-state index >= 15 is 0 Å². The van der Waals surface area contributed by atoms with Crippen LogP contribution in [0.5, 0.6) is 0 Å². The Morgan fingerprint density at radius 1 is 1.25 bits per heavy atom. The lowest BCUT2D eigenvalue weighted by Crippen LogP contribution is -2.28. The Bertz CT molecular complexity index is 922. The first kappa shape index (κ1) is 20.5. The van der Waals surface area contributed by atoms with E-state index in [9.17, 15) is 17.2 Å². The Labute approximate surface area is 164 Å². The highest BCUT2D eigenvalue weighted by molar-refractivity contribution is 7.92. The molecule has 2 heterocycles. The summed E-state index contributed by atoms with van der Waals surface area (Å²) in [5, 5.41) is 0. The minimum atomic E-state index is -3.94. The lowest BCUT2D eigenvalue weighted by Gasteiger charge is -2.21. The van der Waals surface area contributed by atoms with Crippen LogP contribution in [0, 0.1) is 17.6 Å². The number of nitrogens with one attached hydrogen (secondary N) is 1. The van der Waals surface area contributed by atoms with Crippen LogP contribution in [0.2, 0.25) is 0 Å². The normalized spacial score (nSPS) is 17.3. The molecular formula is C19H24F2N4O2S. The predicted octanol–water partition coefficient (Wildman–Crippen LogP) is 2.94. The molecule has 0 aliphatic carbocycles. The zero-order chi connectivity index (χ0) is 20.3. The summed E-state index contributed by atoms with van der Waals surface area (Å²) in [4.78, 5) is 8.68. The van der Waals surface area contributed by atoms with Crippen LogP contribution in [-0.2, 0) is 10.0 Å². The molecule has 1 unspecified atom stereocenters. The van der Waals surface area contributed by atoms with Gasteiger partial charge in [0, 0.05) is 31.9 Å². The number of nitrogens with zero attached hydrogens (tertiary/aromatic N) is 3. The highest BCUT2D eigenvalue weighted by Crippen LogP contribution is 2.24. The van der Waals surface area contributed by atoms with Gasteiger partial charge in [0.15, 0.2) is 11.6 Å². The van der Waals surface area contributed by atoms with Crippen molar-refractivity contribution in [3.8, 4) is 0 Å². The highest BCUT2D eigenvalue weighted by Gasteiger charge is 2.25. The summed E-state index contributed by atoms with van der Waals surface area (Å²) < 4.78 is 53.4. The zero-order valence-corrected chi connectivity index (χ0v) is 16.7. The fourth-order valence-corrected chi connectivity index (χ4v) is 4.25. The van der Waals surface area contributed by atoms with Crippen LogP contribution in [0.1, 0.15) is 13.3 Å². The molecule has 1 atom stereocenters. The molecule has 6 nitrogen and oxygen atoms in total. The number of rotatable bonds is 7. The third-order valence-electron chi connectivity index (χ3n) is 4.92. The second kappa shape index (κ2) is 8.40. The molecule has 28 heavy (non-hydrogen) atoms. The third kappa shape index (κ3) is 4.77. The fraction of sp³-hybridized carbons (Fsp3) is 0.421. The molecule has 1 N–H and O–H groups in total. The second-order valence-corrected chi connectivity index (χ2v) is 8.72. The minimum absolute atomic E-state index is 0.0394. The molecule has 152 valence electrons. The van der Waals surface area contributed by atoms with Gasteiger partial charge in [0.05, 0.1) is 5.69 Å². The van der Waals surface area contributed by atoms with E-state index in [-0.39, 0.29) is 10.6 Å². The Hall–Kier alpha value is -2.26. The van der Waals surface area contributed by atoms with Crippen molar-refractivity contribution in [3.63, 3.8) is 0 Å². The van der Waals surface area contributed by atoms with E-state index in [0.717, 1.165) is 56.6 Å². The van der Waals surface area contributed by atoms with Crippen molar-refractivity contribution in [1.29, 1.82) is 0 Å². The van der Waals surface area contributed by atoms with Gasteiger partial charge in [0.25, 0.3) is 10.0 Å².